The maximum absolute atomic E-state index is 13.8. The highest BCUT2D eigenvalue weighted by molar-refractivity contribution is 6.44. The summed E-state index contributed by atoms with van der Waals surface area (Å²) in [6, 6.07) is -1.02. The van der Waals surface area contributed by atoms with Crippen LogP contribution in [-0.4, -0.2) is 52.4 Å². The Kier molecular flexibility index (Phi) is 7.97. The highest BCUT2D eigenvalue weighted by atomic mass is 28.3. The Morgan fingerprint density at radius 3 is 1.38 bits per heavy atom. The van der Waals surface area contributed by atoms with Crippen molar-refractivity contribution in [3.05, 3.63) is 0 Å². The largest absolute Gasteiger partial charge is 0.460 e. The minimum atomic E-state index is -7.38. The first-order valence-electron chi connectivity index (χ1n) is 7.22. The second-order valence-corrected chi connectivity index (χ2v) is 7.32. The van der Waals surface area contributed by atoms with Crippen molar-refractivity contribution in [1.29, 1.82) is 0 Å². The second-order valence-electron chi connectivity index (χ2n) is 5.32. The average Bonchev–Trinajstić information content (AvgIpc) is 2.45. The van der Waals surface area contributed by atoms with Crippen LogP contribution in [0.15, 0.2) is 0 Å². The fourth-order valence-corrected chi connectivity index (χ4v) is 3.87. The Balaban J connectivity index is 5.78. The third-order valence-electron chi connectivity index (χ3n) is 3.43. The molecule has 1 unspecified atom stereocenters. The van der Waals surface area contributed by atoms with Gasteiger partial charge in [0.2, 0.25) is 0 Å². The first kappa shape index (κ1) is 25.4. The molecule has 2 nitrogen and oxygen atoms in total. The van der Waals surface area contributed by atoms with E-state index in [0.717, 1.165) is 0 Å². The van der Waals surface area contributed by atoms with E-state index in [2.05, 4.69) is 0 Å². The fourth-order valence-electron chi connectivity index (χ4n) is 1.89. The highest BCUT2D eigenvalue weighted by Gasteiger charge is 2.87. The van der Waals surface area contributed by atoms with Gasteiger partial charge in [-0.25, -0.2) is 0 Å². The van der Waals surface area contributed by atoms with Crippen molar-refractivity contribution in [3.63, 3.8) is 0 Å². The first-order valence-corrected chi connectivity index (χ1v) is 8.98. The van der Waals surface area contributed by atoms with Gasteiger partial charge in [0.05, 0.1) is 0 Å². The summed E-state index contributed by atoms with van der Waals surface area (Å²) in [6.45, 7) is 2.93. The Morgan fingerprint density at radius 2 is 1.08 bits per heavy atom. The maximum atomic E-state index is 13.8. The number of hydrogen-bond donors (Lipinski definition) is 0. The van der Waals surface area contributed by atoms with E-state index in [1.807, 2.05) is 0 Å². The molecule has 0 aromatic carbocycles. The van der Waals surface area contributed by atoms with Crippen LogP contribution in [0.25, 0.3) is 0 Å². The summed E-state index contributed by atoms with van der Waals surface area (Å²) in [5.41, 5.74) is 0. The lowest BCUT2D eigenvalue weighted by atomic mass is 9.91. The Hall–Kier alpha value is -0.633. The Bertz CT molecular complexity index is 447. The van der Waals surface area contributed by atoms with Crippen molar-refractivity contribution >= 4 is 9.28 Å². The van der Waals surface area contributed by atoms with Gasteiger partial charge in [0.25, 0.3) is 0 Å². The Morgan fingerprint density at radius 1 is 0.692 bits per heavy atom. The molecule has 0 saturated carbocycles. The van der Waals surface area contributed by atoms with Crippen LogP contribution in [-0.2, 0) is 8.85 Å². The van der Waals surface area contributed by atoms with E-state index in [0.29, 0.717) is 6.92 Å². The van der Waals surface area contributed by atoms with Crippen LogP contribution in [0.5, 0.6) is 0 Å². The molecule has 0 aromatic rings. The minimum Gasteiger partial charge on any atom is -0.397 e. The molecular formula is C12H17F11O2Si. The molecule has 0 aromatic heterocycles. The summed E-state index contributed by atoms with van der Waals surface area (Å²) < 4.78 is 153. The molecule has 26 heavy (non-hydrogen) atoms. The monoisotopic (exact) mass is 430 g/mol. The van der Waals surface area contributed by atoms with Gasteiger partial charge in [-0.05, 0) is 19.9 Å². The van der Waals surface area contributed by atoms with E-state index in [4.69, 9.17) is 8.85 Å². The molecule has 0 heterocycles. The normalized spacial score (nSPS) is 16.3. The molecule has 0 N–H and O–H groups in total. The molecule has 0 aliphatic carbocycles. The topological polar surface area (TPSA) is 18.5 Å². The van der Waals surface area contributed by atoms with Crippen LogP contribution in [0.3, 0.4) is 0 Å². The van der Waals surface area contributed by atoms with Gasteiger partial charge in [-0.2, -0.15) is 48.3 Å². The van der Waals surface area contributed by atoms with Crippen LogP contribution < -0.4 is 0 Å². The van der Waals surface area contributed by atoms with E-state index in [-0.39, 0.29) is 13.2 Å². The molecule has 0 rings (SSSR count). The van der Waals surface area contributed by atoms with Crippen LogP contribution >= 0.6 is 0 Å². The van der Waals surface area contributed by atoms with E-state index in [9.17, 15) is 48.3 Å². The van der Waals surface area contributed by atoms with Gasteiger partial charge in [-0.1, -0.05) is 6.92 Å². The predicted molar refractivity (Wildman–Crippen MR) is 70.2 cm³/mol. The van der Waals surface area contributed by atoms with Gasteiger partial charge in [0, 0.05) is 19.1 Å². The molecule has 0 aliphatic rings. The standard InChI is InChI=1S/C12H17F11O2Si/c1-4-24-26(25-5-2)6-7(3)8(13,14)9(15,16)10(17,18)11(19,20)12(21,22)23/h7,26H,4-6H2,1-3H3. The zero-order valence-corrected chi connectivity index (χ0v) is 14.9. The van der Waals surface area contributed by atoms with Gasteiger partial charge in [0.15, 0.2) is 0 Å². The van der Waals surface area contributed by atoms with Crippen molar-refractivity contribution in [1.82, 2.24) is 0 Å². The quantitative estimate of drug-likeness (QED) is 0.358. The van der Waals surface area contributed by atoms with Crippen molar-refractivity contribution in [2.45, 2.75) is 56.7 Å². The first-order chi connectivity index (χ1) is 11.4. The van der Waals surface area contributed by atoms with Crippen LogP contribution in [0.4, 0.5) is 48.3 Å². The summed E-state index contributed by atoms with van der Waals surface area (Å²) in [6.07, 6.45) is -7.16. The zero-order chi connectivity index (χ0) is 21.2. The van der Waals surface area contributed by atoms with E-state index in [1.54, 1.807) is 0 Å². The lowest BCUT2D eigenvalue weighted by Crippen LogP contribution is -2.67. The number of hydrogen-bond acceptors (Lipinski definition) is 2. The van der Waals surface area contributed by atoms with E-state index in [1.165, 1.54) is 13.8 Å². The summed E-state index contributed by atoms with van der Waals surface area (Å²) in [4.78, 5) is 0. The summed E-state index contributed by atoms with van der Waals surface area (Å²) in [7, 11) is -3.06. The van der Waals surface area contributed by atoms with E-state index >= 15 is 0 Å². The zero-order valence-electron chi connectivity index (χ0n) is 13.8. The molecule has 0 fully saturated rings. The molecule has 158 valence electrons. The maximum Gasteiger partial charge on any atom is 0.460 e. The second kappa shape index (κ2) is 8.16. The lowest BCUT2D eigenvalue weighted by Gasteiger charge is -2.39. The van der Waals surface area contributed by atoms with Gasteiger partial charge in [-0.3, -0.25) is 0 Å². The fraction of sp³-hybridized carbons (Fsp3) is 1.00. The molecule has 0 saturated heterocycles. The lowest BCUT2D eigenvalue weighted by molar-refractivity contribution is -0.426. The number of rotatable bonds is 10. The smallest absolute Gasteiger partial charge is 0.397 e. The van der Waals surface area contributed by atoms with Crippen molar-refractivity contribution in [3.8, 4) is 0 Å². The molecule has 1 atom stereocenters. The number of alkyl halides is 11. The number of halogens is 11. The predicted octanol–water partition coefficient (Wildman–Crippen LogP) is 5.02. The van der Waals surface area contributed by atoms with Crippen LogP contribution in [0.1, 0.15) is 20.8 Å². The average molecular weight is 430 g/mol. The molecule has 0 aliphatic heterocycles. The molecule has 14 heteroatoms. The van der Waals surface area contributed by atoms with Gasteiger partial charge in [-0.15, -0.1) is 0 Å². The Labute approximate surface area is 143 Å². The molecule has 0 spiro atoms. The molecular weight excluding hydrogens is 413 g/mol. The molecule has 0 amide bonds. The summed E-state index contributed by atoms with van der Waals surface area (Å²) in [5.74, 6) is -30.4. The van der Waals surface area contributed by atoms with Gasteiger partial charge >= 0.3 is 39.2 Å². The van der Waals surface area contributed by atoms with E-state index < -0.39 is 51.1 Å². The molecule has 0 bridgehead atoms. The SMILES string of the molecule is CCO[SiH](CC(C)C(F)(F)C(F)(F)C(F)(F)C(F)(F)C(F)(F)F)OCC. The third-order valence-corrected chi connectivity index (χ3v) is 5.94. The summed E-state index contributed by atoms with van der Waals surface area (Å²) >= 11 is 0. The highest BCUT2D eigenvalue weighted by Crippen LogP contribution is 2.59. The van der Waals surface area contributed by atoms with Crippen LogP contribution in [0, 0.1) is 5.92 Å². The van der Waals surface area contributed by atoms with Gasteiger partial charge < -0.3 is 8.85 Å². The van der Waals surface area contributed by atoms with Crippen molar-refractivity contribution < 1.29 is 57.1 Å². The van der Waals surface area contributed by atoms with Crippen molar-refractivity contribution in [2.75, 3.05) is 13.2 Å². The van der Waals surface area contributed by atoms with Crippen molar-refractivity contribution in [2.24, 2.45) is 5.92 Å². The third kappa shape index (κ3) is 4.43. The minimum absolute atomic E-state index is 0.0894. The van der Waals surface area contributed by atoms with Crippen LogP contribution in [0.2, 0.25) is 6.04 Å². The van der Waals surface area contributed by atoms with Gasteiger partial charge in [0.1, 0.15) is 0 Å². The summed E-state index contributed by atoms with van der Waals surface area (Å²) in [5, 5.41) is 0. The molecule has 0 radical (unpaired) electrons.